The van der Waals surface area contributed by atoms with Crippen molar-refractivity contribution in [1.82, 2.24) is 0 Å². The minimum atomic E-state index is -0.276. The Hall–Kier alpha value is -0.340. The summed E-state index contributed by atoms with van der Waals surface area (Å²) in [6.45, 7) is 2.06. The molecule has 1 unspecified atom stereocenters. The maximum absolute atomic E-state index is 10.1. The molecule has 1 aliphatic carbocycles. The van der Waals surface area contributed by atoms with Gasteiger partial charge in [0.05, 0.1) is 6.10 Å². The molecular formula is C13H17BrO. The van der Waals surface area contributed by atoms with Crippen molar-refractivity contribution in [2.75, 3.05) is 0 Å². The molecule has 82 valence electrons. The van der Waals surface area contributed by atoms with Crippen molar-refractivity contribution in [1.29, 1.82) is 0 Å². The van der Waals surface area contributed by atoms with E-state index in [9.17, 15) is 5.11 Å². The molecule has 0 saturated heterocycles. The molecule has 1 nitrogen and oxygen atoms in total. The van der Waals surface area contributed by atoms with E-state index in [0.29, 0.717) is 0 Å². The standard InChI is InChI=1S/C13H17BrO/c1-9-7-11(5-6-12(9)14)13(15)8-10-3-2-4-10/h5-7,10,13,15H,2-4,8H2,1H3. The van der Waals surface area contributed by atoms with Crippen LogP contribution in [0.5, 0.6) is 0 Å². The third-order valence-corrected chi connectivity index (χ3v) is 4.24. The van der Waals surface area contributed by atoms with Crippen molar-refractivity contribution in [2.45, 2.75) is 38.7 Å². The van der Waals surface area contributed by atoms with Crippen LogP contribution in [-0.4, -0.2) is 5.11 Å². The predicted molar refractivity (Wildman–Crippen MR) is 65.8 cm³/mol. The highest BCUT2D eigenvalue weighted by molar-refractivity contribution is 9.10. The van der Waals surface area contributed by atoms with Gasteiger partial charge in [0.1, 0.15) is 0 Å². The molecule has 1 saturated carbocycles. The number of aryl methyl sites for hydroxylation is 1. The zero-order valence-corrected chi connectivity index (χ0v) is 10.6. The second kappa shape index (κ2) is 4.67. The highest BCUT2D eigenvalue weighted by Gasteiger charge is 2.21. The normalized spacial score (nSPS) is 18.6. The molecule has 0 bridgehead atoms. The van der Waals surface area contributed by atoms with Gasteiger partial charge in [0, 0.05) is 4.47 Å². The lowest BCUT2D eigenvalue weighted by molar-refractivity contribution is 0.118. The third-order valence-electron chi connectivity index (χ3n) is 3.35. The highest BCUT2D eigenvalue weighted by atomic mass is 79.9. The maximum atomic E-state index is 10.1. The van der Waals surface area contributed by atoms with E-state index in [1.807, 2.05) is 12.1 Å². The van der Waals surface area contributed by atoms with E-state index in [0.717, 1.165) is 22.4 Å². The quantitative estimate of drug-likeness (QED) is 0.879. The van der Waals surface area contributed by atoms with E-state index in [1.54, 1.807) is 0 Å². The molecule has 1 atom stereocenters. The van der Waals surface area contributed by atoms with Crippen molar-refractivity contribution in [3.8, 4) is 0 Å². The van der Waals surface area contributed by atoms with Gasteiger partial charge in [-0.2, -0.15) is 0 Å². The first-order chi connectivity index (χ1) is 7.16. The van der Waals surface area contributed by atoms with Crippen LogP contribution in [0.1, 0.15) is 42.9 Å². The van der Waals surface area contributed by atoms with Crippen LogP contribution < -0.4 is 0 Å². The van der Waals surface area contributed by atoms with Gasteiger partial charge in [-0.1, -0.05) is 47.3 Å². The van der Waals surface area contributed by atoms with Crippen molar-refractivity contribution < 1.29 is 5.11 Å². The lowest BCUT2D eigenvalue weighted by Gasteiger charge is -2.27. The molecule has 0 spiro atoms. The number of aliphatic hydroxyl groups is 1. The average Bonchev–Trinajstić information content (AvgIpc) is 2.15. The van der Waals surface area contributed by atoms with Gasteiger partial charge in [0.25, 0.3) is 0 Å². The molecule has 1 aromatic rings. The summed E-state index contributed by atoms with van der Waals surface area (Å²) in [5, 5.41) is 10.1. The zero-order chi connectivity index (χ0) is 10.8. The number of benzene rings is 1. The summed E-state index contributed by atoms with van der Waals surface area (Å²) in [6.07, 6.45) is 4.60. The third kappa shape index (κ3) is 2.61. The lowest BCUT2D eigenvalue weighted by Crippen LogP contribution is -2.14. The summed E-state index contributed by atoms with van der Waals surface area (Å²) < 4.78 is 1.11. The van der Waals surface area contributed by atoms with Crippen LogP contribution in [0.25, 0.3) is 0 Å². The van der Waals surface area contributed by atoms with E-state index in [1.165, 1.54) is 24.8 Å². The molecular weight excluding hydrogens is 252 g/mol. The first-order valence-corrected chi connectivity index (χ1v) is 6.40. The molecule has 15 heavy (non-hydrogen) atoms. The largest absolute Gasteiger partial charge is 0.388 e. The van der Waals surface area contributed by atoms with Gasteiger partial charge in [-0.3, -0.25) is 0 Å². The van der Waals surface area contributed by atoms with Gasteiger partial charge in [-0.15, -0.1) is 0 Å². The molecule has 0 aromatic heterocycles. The molecule has 0 heterocycles. The minimum absolute atomic E-state index is 0.276. The molecule has 0 radical (unpaired) electrons. The summed E-state index contributed by atoms with van der Waals surface area (Å²) in [7, 11) is 0. The zero-order valence-electron chi connectivity index (χ0n) is 9.04. The molecule has 0 amide bonds. The Morgan fingerprint density at radius 2 is 2.20 bits per heavy atom. The molecule has 2 rings (SSSR count). The monoisotopic (exact) mass is 268 g/mol. The number of rotatable bonds is 3. The van der Waals surface area contributed by atoms with E-state index < -0.39 is 0 Å². The molecule has 2 heteroatoms. The van der Waals surface area contributed by atoms with E-state index in [2.05, 4.69) is 28.9 Å². The van der Waals surface area contributed by atoms with Gasteiger partial charge in [0.2, 0.25) is 0 Å². The second-order valence-corrected chi connectivity index (χ2v) is 5.41. The predicted octanol–water partition coefficient (Wildman–Crippen LogP) is 3.98. The minimum Gasteiger partial charge on any atom is -0.388 e. The van der Waals surface area contributed by atoms with Gasteiger partial charge in [-0.05, 0) is 36.5 Å². The number of hydrogen-bond acceptors (Lipinski definition) is 1. The van der Waals surface area contributed by atoms with E-state index >= 15 is 0 Å². The van der Waals surface area contributed by atoms with Crippen LogP contribution in [0.4, 0.5) is 0 Å². The summed E-state index contributed by atoms with van der Waals surface area (Å²) >= 11 is 3.47. The Kier molecular flexibility index (Phi) is 3.47. The van der Waals surface area contributed by atoms with Gasteiger partial charge < -0.3 is 5.11 Å². The Balaban J connectivity index is 2.03. The van der Waals surface area contributed by atoms with Gasteiger partial charge in [0.15, 0.2) is 0 Å². The summed E-state index contributed by atoms with van der Waals surface area (Å²) in [5.74, 6) is 0.754. The molecule has 0 aliphatic heterocycles. The Bertz CT molecular complexity index is 344. The Morgan fingerprint density at radius 3 is 2.73 bits per heavy atom. The second-order valence-electron chi connectivity index (χ2n) is 4.56. The highest BCUT2D eigenvalue weighted by Crippen LogP contribution is 2.35. The van der Waals surface area contributed by atoms with Crippen molar-refractivity contribution in [3.63, 3.8) is 0 Å². The molecule has 1 N–H and O–H groups in total. The average molecular weight is 269 g/mol. The number of halogens is 1. The van der Waals surface area contributed by atoms with Gasteiger partial charge >= 0.3 is 0 Å². The van der Waals surface area contributed by atoms with Gasteiger partial charge in [-0.25, -0.2) is 0 Å². The van der Waals surface area contributed by atoms with Crippen molar-refractivity contribution in [3.05, 3.63) is 33.8 Å². The summed E-state index contributed by atoms with van der Waals surface area (Å²) in [6, 6.07) is 6.11. The summed E-state index contributed by atoms with van der Waals surface area (Å²) in [5.41, 5.74) is 2.25. The van der Waals surface area contributed by atoms with Crippen molar-refractivity contribution >= 4 is 15.9 Å². The first-order valence-electron chi connectivity index (χ1n) is 5.61. The van der Waals surface area contributed by atoms with Crippen LogP contribution in [-0.2, 0) is 0 Å². The van der Waals surface area contributed by atoms with Crippen LogP contribution in [0.2, 0.25) is 0 Å². The number of hydrogen-bond donors (Lipinski definition) is 1. The molecule has 1 aliphatic rings. The van der Waals surface area contributed by atoms with Crippen molar-refractivity contribution in [2.24, 2.45) is 5.92 Å². The van der Waals surface area contributed by atoms with Crippen LogP contribution >= 0.6 is 15.9 Å². The van der Waals surface area contributed by atoms with Crippen LogP contribution in [0.3, 0.4) is 0 Å². The first kappa shape index (κ1) is 11.2. The Morgan fingerprint density at radius 1 is 1.47 bits per heavy atom. The van der Waals surface area contributed by atoms with E-state index in [4.69, 9.17) is 0 Å². The lowest BCUT2D eigenvalue weighted by atomic mass is 9.80. The van der Waals surface area contributed by atoms with E-state index in [-0.39, 0.29) is 6.10 Å². The molecule has 1 fully saturated rings. The SMILES string of the molecule is Cc1cc(C(O)CC2CCC2)ccc1Br. The topological polar surface area (TPSA) is 20.2 Å². The Labute approximate surface area is 99.6 Å². The number of aliphatic hydroxyl groups excluding tert-OH is 1. The maximum Gasteiger partial charge on any atom is 0.0792 e. The fourth-order valence-electron chi connectivity index (χ4n) is 2.06. The molecule has 1 aromatic carbocycles. The fourth-order valence-corrected chi connectivity index (χ4v) is 2.30. The summed E-state index contributed by atoms with van der Waals surface area (Å²) in [4.78, 5) is 0. The van der Waals surface area contributed by atoms with Crippen LogP contribution in [0, 0.1) is 12.8 Å². The fraction of sp³-hybridized carbons (Fsp3) is 0.538. The van der Waals surface area contributed by atoms with Crippen LogP contribution in [0.15, 0.2) is 22.7 Å². The smallest absolute Gasteiger partial charge is 0.0792 e.